The molecular formula is C12H13N5O2S. The van der Waals surface area contributed by atoms with Crippen molar-refractivity contribution in [1.29, 1.82) is 0 Å². The Morgan fingerprint density at radius 2 is 2.05 bits per heavy atom. The summed E-state index contributed by atoms with van der Waals surface area (Å²) >= 11 is 1.35. The first-order chi connectivity index (χ1) is 9.58. The molecule has 1 heterocycles. The predicted molar refractivity (Wildman–Crippen MR) is 76.9 cm³/mol. The van der Waals surface area contributed by atoms with Gasteiger partial charge in [0.15, 0.2) is 5.16 Å². The summed E-state index contributed by atoms with van der Waals surface area (Å²) in [5, 5.41) is 0.457. The van der Waals surface area contributed by atoms with Crippen LogP contribution in [0.5, 0.6) is 0 Å². The summed E-state index contributed by atoms with van der Waals surface area (Å²) in [6, 6.07) is 8.19. The molecule has 20 heavy (non-hydrogen) atoms. The number of hydrogen-bond donors (Lipinski definition) is 4. The Labute approximate surface area is 118 Å². The SMILES string of the molecule is NNC(=O)c1ccc(CSc2nc(N)cc(=O)[nH]2)cc1. The lowest BCUT2D eigenvalue weighted by atomic mass is 10.1. The second kappa shape index (κ2) is 6.22. The monoisotopic (exact) mass is 291 g/mol. The number of thioether (sulfide) groups is 1. The number of hydrogen-bond acceptors (Lipinski definition) is 6. The number of nitrogens with one attached hydrogen (secondary N) is 2. The average Bonchev–Trinajstić information content (AvgIpc) is 2.44. The third-order valence-corrected chi connectivity index (χ3v) is 3.41. The summed E-state index contributed by atoms with van der Waals surface area (Å²) in [7, 11) is 0. The molecule has 0 aliphatic rings. The van der Waals surface area contributed by atoms with Crippen molar-refractivity contribution < 1.29 is 4.79 Å². The number of carbonyl (C=O) groups is 1. The third kappa shape index (κ3) is 3.59. The molecule has 2 rings (SSSR count). The van der Waals surface area contributed by atoms with E-state index in [4.69, 9.17) is 11.6 Å². The number of nitrogens with zero attached hydrogens (tertiary/aromatic N) is 1. The van der Waals surface area contributed by atoms with Crippen LogP contribution in [0.4, 0.5) is 5.82 Å². The Morgan fingerprint density at radius 3 is 2.65 bits per heavy atom. The highest BCUT2D eigenvalue weighted by molar-refractivity contribution is 7.98. The quantitative estimate of drug-likeness (QED) is 0.210. The van der Waals surface area contributed by atoms with Crippen LogP contribution in [-0.4, -0.2) is 15.9 Å². The summed E-state index contributed by atoms with van der Waals surface area (Å²) in [5.41, 5.74) is 8.74. The van der Waals surface area contributed by atoms with Gasteiger partial charge in [-0.2, -0.15) is 0 Å². The number of anilines is 1. The molecule has 0 bridgehead atoms. The minimum Gasteiger partial charge on any atom is -0.383 e. The number of benzene rings is 1. The number of nitrogen functional groups attached to an aromatic ring is 2. The van der Waals surface area contributed by atoms with Gasteiger partial charge in [0.1, 0.15) is 5.82 Å². The maximum absolute atomic E-state index is 11.3. The number of hydrazine groups is 1. The maximum Gasteiger partial charge on any atom is 0.265 e. The molecule has 104 valence electrons. The van der Waals surface area contributed by atoms with Crippen LogP contribution in [0.2, 0.25) is 0 Å². The van der Waals surface area contributed by atoms with Crippen LogP contribution in [0.1, 0.15) is 15.9 Å². The average molecular weight is 291 g/mol. The van der Waals surface area contributed by atoms with E-state index in [0.717, 1.165) is 5.56 Å². The second-order valence-corrected chi connectivity index (χ2v) is 4.90. The van der Waals surface area contributed by atoms with E-state index < -0.39 is 0 Å². The molecule has 0 saturated heterocycles. The lowest BCUT2D eigenvalue weighted by Gasteiger charge is -2.03. The van der Waals surface area contributed by atoms with Gasteiger partial charge in [-0.15, -0.1) is 0 Å². The molecule has 6 N–H and O–H groups in total. The van der Waals surface area contributed by atoms with Crippen molar-refractivity contribution in [1.82, 2.24) is 15.4 Å². The molecule has 0 atom stereocenters. The zero-order valence-corrected chi connectivity index (χ0v) is 11.2. The summed E-state index contributed by atoms with van der Waals surface area (Å²) in [6.07, 6.45) is 0. The lowest BCUT2D eigenvalue weighted by Crippen LogP contribution is -2.29. The van der Waals surface area contributed by atoms with Crippen LogP contribution in [-0.2, 0) is 5.75 Å². The Bertz CT molecular complexity index is 668. The van der Waals surface area contributed by atoms with Gasteiger partial charge in [0.05, 0.1) is 0 Å². The number of aromatic amines is 1. The molecule has 0 fully saturated rings. The Kier molecular flexibility index (Phi) is 4.38. The number of rotatable bonds is 4. The maximum atomic E-state index is 11.3. The van der Waals surface area contributed by atoms with Gasteiger partial charge >= 0.3 is 0 Å². The first-order valence-electron chi connectivity index (χ1n) is 5.68. The van der Waals surface area contributed by atoms with E-state index in [0.29, 0.717) is 16.5 Å². The fourth-order valence-corrected chi connectivity index (χ4v) is 2.35. The summed E-state index contributed by atoms with van der Waals surface area (Å²) in [4.78, 5) is 29.1. The molecule has 0 radical (unpaired) electrons. The summed E-state index contributed by atoms with van der Waals surface area (Å²) in [6.45, 7) is 0. The first-order valence-corrected chi connectivity index (χ1v) is 6.66. The van der Waals surface area contributed by atoms with E-state index in [1.165, 1.54) is 17.8 Å². The van der Waals surface area contributed by atoms with Crippen molar-refractivity contribution in [3.8, 4) is 0 Å². The van der Waals surface area contributed by atoms with E-state index in [1.54, 1.807) is 12.1 Å². The minimum atomic E-state index is -0.342. The number of H-pyrrole nitrogens is 1. The fourth-order valence-electron chi connectivity index (χ4n) is 1.51. The third-order valence-electron chi connectivity index (χ3n) is 2.46. The van der Waals surface area contributed by atoms with Crippen LogP contribution < -0.4 is 22.6 Å². The van der Waals surface area contributed by atoms with Gasteiger partial charge in [-0.25, -0.2) is 10.8 Å². The van der Waals surface area contributed by atoms with Crippen molar-refractivity contribution in [3.63, 3.8) is 0 Å². The van der Waals surface area contributed by atoms with Crippen molar-refractivity contribution in [2.45, 2.75) is 10.9 Å². The number of nitrogens with two attached hydrogens (primary N) is 2. The Hall–Kier alpha value is -2.32. The van der Waals surface area contributed by atoms with Gasteiger partial charge < -0.3 is 10.7 Å². The van der Waals surface area contributed by atoms with Crippen molar-refractivity contribution in [2.75, 3.05) is 5.73 Å². The van der Waals surface area contributed by atoms with Crippen LogP contribution in [0.3, 0.4) is 0 Å². The van der Waals surface area contributed by atoms with Crippen LogP contribution in [0, 0.1) is 0 Å². The molecule has 0 saturated carbocycles. The van der Waals surface area contributed by atoms with E-state index in [9.17, 15) is 9.59 Å². The van der Waals surface area contributed by atoms with Gasteiger partial charge in [-0.05, 0) is 17.7 Å². The zero-order chi connectivity index (χ0) is 14.5. The zero-order valence-electron chi connectivity index (χ0n) is 10.4. The molecule has 0 unspecified atom stereocenters. The lowest BCUT2D eigenvalue weighted by molar-refractivity contribution is 0.0953. The highest BCUT2D eigenvalue weighted by Crippen LogP contribution is 2.19. The molecule has 1 aromatic carbocycles. The fraction of sp³-hybridized carbons (Fsp3) is 0.0833. The molecule has 0 aliphatic heterocycles. The minimum absolute atomic E-state index is 0.186. The van der Waals surface area contributed by atoms with Crippen molar-refractivity contribution >= 4 is 23.5 Å². The van der Waals surface area contributed by atoms with Crippen LogP contribution in [0.15, 0.2) is 40.3 Å². The highest BCUT2D eigenvalue weighted by Gasteiger charge is 2.04. The van der Waals surface area contributed by atoms with E-state index in [-0.39, 0.29) is 17.3 Å². The predicted octanol–water partition coefficient (Wildman–Crippen LogP) is 0.248. The van der Waals surface area contributed by atoms with Gasteiger partial charge in [0.25, 0.3) is 11.5 Å². The molecule has 8 heteroatoms. The highest BCUT2D eigenvalue weighted by atomic mass is 32.2. The number of carbonyl (C=O) groups excluding carboxylic acids is 1. The summed E-state index contributed by atoms with van der Waals surface area (Å²) in [5.74, 6) is 5.49. The van der Waals surface area contributed by atoms with Gasteiger partial charge in [0.2, 0.25) is 0 Å². The standard InChI is InChI=1S/C12H13N5O2S/c13-9-5-10(18)16-12(15-9)20-6-7-1-3-8(4-2-7)11(19)17-14/h1-5H,6,14H2,(H,17,19)(H3,13,15,16,18). The summed E-state index contributed by atoms with van der Waals surface area (Å²) < 4.78 is 0. The smallest absolute Gasteiger partial charge is 0.265 e. The van der Waals surface area contributed by atoms with E-state index >= 15 is 0 Å². The molecule has 2 aromatic rings. The molecule has 1 amide bonds. The van der Waals surface area contributed by atoms with Crippen molar-refractivity contribution in [3.05, 3.63) is 51.8 Å². The molecule has 0 spiro atoms. The number of aromatic nitrogens is 2. The molecule has 1 aromatic heterocycles. The molecule has 7 nitrogen and oxygen atoms in total. The van der Waals surface area contributed by atoms with Crippen LogP contribution in [0.25, 0.3) is 0 Å². The molecular weight excluding hydrogens is 278 g/mol. The normalized spacial score (nSPS) is 10.2. The van der Waals surface area contributed by atoms with Gasteiger partial charge in [-0.1, -0.05) is 23.9 Å². The Morgan fingerprint density at radius 1 is 1.35 bits per heavy atom. The van der Waals surface area contributed by atoms with Gasteiger partial charge in [-0.3, -0.25) is 15.0 Å². The van der Waals surface area contributed by atoms with E-state index in [2.05, 4.69) is 15.4 Å². The van der Waals surface area contributed by atoms with Crippen molar-refractivity contribution in [2.24, 2.45) is 5.84 Å². The van der Waals surface area contributed by atoms with E-state index in [1.807, 2.05) is 12.1 Å². The van der Waals surface area contributed by atoms with Gasteiger partial charge in [0, 0.05) is 17.4 Å². The topological polar surface area (TPSA) is 127 Å². The molecule has 0 aliphatic carbocycles. The second-order valence-electron chi connectivity index (χ2n) is 3.93. The first kappa shape index (κ1) is 14.1. The Balaban J connectivity index is 2.03. The largest absolute Gasteiger partial charge is 0.383 e. The van der Waals surface area contributed by atoms with Crippen LogP contribution >= 0.6 is 11.8 Å². The number of amides is 1.